The van der Waals surface area contributed by atoms with E-state index in [2.05, 4.69) is 10.6 Å². The van der Waals surface area contributed by atoms with Crippen molar-refractivity contribution in [3.8, 4) is 0 Å². The van der Waals surface area contributed by atoms with Crippen LogP contribution in [0.1, 0.15) is 37.0 Å². The molecule has 2 N–H and O–H groups in total. The third kappa shape index (κ3) is 4.14. The highest BCUT2D eigenvalue weighted by atomic mass is 32.2. The number of ether oxygens (including phenoxy) is 1. The van der Waals surface area contributed by atoms with Crippen molar-refractivity contribution < 1.29 is 23.9 Å². The molecule has 9 heteroatoms. The fourth-order valence-electron chi connectivity index (χ4n) is 3.43. The van der Waals surface area contributed by atoms with Gasteiger partial charge in [0.05, 0.1) is 4.87 Å². The van der Waals surface area contributed by atoms with E-state index in [0.717, 1.165) is 0 Å². The van der Waals surface area contributed by atoms with Crippen LogP contribution in [0.3, 0.4) is 0 Å². The molecule has 28 heavy (non-hydrogen) atoms. The molecule has 3 rings (SSSR count). The summed E-state index contributed by atoms with van der Waals surface area (Å²) >= 11 is 1.57. The standard InChI is InChI=1S/C19H23N3O5S/c1-3-20-17(25)12-5-4-6-13(9-12)21-15(23)10-27-18(26)14-11-28-19(2)8-7-16(24)22(14)19/h4-6,9,14H,3,7-8,10-11H2,1-2H3,(H,20,25)(H,21,23)/t14-,19-/m1/s1. The SMILES string of the molecule is CCNC(=O)c1cccc(NC(=O)COC(=O)[C@H]2CS[C@]3(C)CCC(=O)N23)c1. The van der Waals surface area contributed by atoms with Gasteiger partial charge in [0.1, 0.15) is 6.04 Å². The molecule has 2 fully saturated rings. The van der Waals surface area contributed by atoms with Crippen molar-refractivity contribution >= 4 is 41.1 Å². The van der Waals surface area contributed by atoms with Crippen molar-refractivity contribution in [1.82, 2.24) is 10.2 Å². The maximum Gasteiger partial charge on any atom is 0.330 e. The quantitative estimate of drug-likeness (QED) is 0.693. The van der Waals surface area contributed by atoms with Crippen LogP contribution >= 0.6 is 11.8 Å². The summed E-state index contributed by atoms with van der Waals surface area (Å²) in [7, 11) is 0. The van der Waals surface area contributed by atoms with Gasteiger partial charge in [-0.1, -0.05) is 6.07 Å². The second-order valence-electron chi connectivity index (χ2n) is 6.86. The maximum absolute atomic E-state index is 12.4. The topological polar surface area (TPSA) is 105 Å². The lowest BCUT2D eigenvalue weighted by atomic mass is 10.2. The fraction of sp³-hybridized carbons (Fsp3) is 0.474. The molecule has 2 saturated heterocycles. The summed E-state index contributed by atoms with van der Waals surface area (Å²) in [5.74, 6) is -0.902. The van der Waals surface area contributed by atoms with Gasteiger partial charge in [0.25, 0.3) is 11.8 Å². The second-order valence-corrected chi connectivity index (χ2v) is 8.36. The number of esters is 1. The molecule has 2 aliphatic heterocycles. The number of hydrogen-bond donors (Lipinski definition) is 2. The smallest absolute Gasteiger partial charge is 0.330 e. The summed E-state index contributed by atoms with van der Waals surface area (Å²) in [5, 5.41) is 5.29. The molecule has 2 atom stereocenters. The van der Waals surface area contributed by atoms with Crippen molar-refractivity contribution in [1.29, 1.82) is 0 Å². The maximum atomic E-state index is 12.4. The van der Waals surface area contributed by atoms with E-state index >= 15 is 0 Å². The van der Waals surface area contributed by atoms with Crippen LogP contribution < -0.4 is 10.6 Å². The first-order chi connectivity index (χ1) is 13.3. The number of anilines is 1. The van der Waals surface area contributed by atoms with Gasteiger partial charge in [-0.05, 0) is 38.5 Å². The monoisotopic (exact) mass is 405 g/mol. The third-order valence-corrected chi connectivity index (χ3v) is 6.31. The molecule has 0 spiro atoms. The van der Waals surface area contributed by atoms with E-state index in [1.165, 1.54) is 0 Å². The van der Waals surface area contributed by atoms with Crippen LogP contribution in [0, 0.1) is 0 Å². The fourth-order valence-corrected chi connectivity index (χ4v) is 4.84. The van der Waals surface area contributed by atoms with Gasteiger partial charge in [-0.3, -0.25) is 14.4 Å². The van der Waals surface area contributed by atoms with E-state index < -0.39 is 24.5 Å². The molecule has 0 unspecified atom stereocenters. The van der Waals surface area contributed by atoms with Gasteiger partial charge in [0.15, 0.2) is 6.61 Å². The molecule has 0 bridgehead atoms. The number of carbonyl (C=O) groups excluding carboxylic acids is 4. The number of hydrogen-bond acceptors (Lipinski definition) is 6. The summed E-state index contributed by atoms with van der Waals surface area (Å²) in [6.45, 7) is 3.82. The van der Waals surface area contributed by atoms with Gasteiger partial charge in [-0.15, -0.1) is 11.8 Å². The third-order valence-electron chi connectivity index (χ3n) is 4.81. The molecular weight excluding hydrogens is 382 g/mol. The minimum absolute atomic E-state index is 0.0546. The van der Waals surface area contributed by atoms with Gasteiger partial charge in [-0.25, -0.2) is 4.79 Å². The Hall–Kier alpha value is -2.55. The number of nitrogens with one attached hydrogen (secondary N) is 2. The highest BCUT2D eigenvalue weighted by Gasteiger charge is 2.53. The highest BCUT2D eigenvalue weighted by molar-refractivity contribution is 8.01. The number of nitrogens with zero attached hydrogens (tertiary/aromatic N) is 1. The van der Waals surface area contributed by atoms with Crippen LogP contribution in [-0.2, 0) is 19.1 Å². The molecule has 2 heterocycles. The lowest BCUT2D eigenvalue weighted by molar-refractivity contribution is -0.155. The normalized spacial score (nSPS) is 23.3. The largest absolute Gasteiger partial charge is 0.454 e. The van der Waals surface area contributed by atoms with Crippen LogP contribution in [0.5, 0.6) is 0 Å². The van der Waals surface area contributed by atoms with Crippen LogP contribution in [0.25, 0.3) is 0 Å². The summed E-state index contributed by atoms with van der Waals surface area (Å²) in [4.78, 5) is 49.7. The van der Waals surface area contributed by atoms with E-state index in [9.17, 15) is 19.2 Å². The predicted octanol–water partition coefficient (Wildman–Crippen LogP) is 1.37. The summed E-state index contributed by atoms with van der Waals surface area (Å²) in [6.07, 6.45) is 1.14. The Bertz CT molecular complexity index is 815. The molecular formula is C19H23N3O5S. The van der Waals surface area contributed by atoms with Gasteiger partial charge in [0.2, 0.25) is 5.91 Å². The first-order valence-corrected chi connectivity index (χ1v) is 10.1. The molecule has 0 radical (unpaired) electrons. The zero-order chi connectivity index (χ0) is 20.3. The highest BCUT2D eigenvalue weighted by Crippen LogP contribution is 2.47. The average Bonchev–Trinajstić information content (AvgIpc) is 3.16. The molecule has 150 valence electrons. The molecule has 0 aromatic heterocycles. The Balaban J connectivity index is 1.53. The Kier molecular flexibility index (Phi) is 5.93. The minimum atomic E-state index is -0.654. The number of benzene rings is 1. The molecule has 1 aromatic carbocycles. The minimum Gasteiger partial charge on any atom is -0.454 e. The lowest BCUT2D eigenvalue weighted by Crippen LogP contribution is -2.47. The van der Waals surface area contributed by atoms with E-state index in [1.807, 2.05) is 13.8 Å². The molecule has 0 saturated carbocycles. The summed E-state index contributed by atoms with van der Waals surface area (Å²) < 4.78 is 5.14. The lowest BCUT2D eigenvalue weighted by Gasteiger charge is -2.29. The average molecular weight is 405 g/mol. The van der Waals surface area contributed by atoms with Crippen molar-refractivity contribution in [2.75, 3.05) is 24.2 Å². The summed E-state index contributed by atoms with van der Waals surface area (Å²) in [6, 6.07) is 5.83. The molecule has 0 aliphatic carbocycles. The number of fused-ring (bicyclic) bond motifs is 1. The summed E-state index contributed by atoms with van der Waals surface area (Å²) in [5.41, 5.74) is 0.856. The number of carbonyl (C=O) groups is 4. The zero-order valence-corrected chi connectivity index (χ0v) is 16.6. The van der Waals surface area contributed by atoms with E-state index in [-0.39, 0.29) is 16.7 Å². The molecule has 8 nitrogen and oxygen atoms in total. The van der Waals surface area contributed by atoms with Crippen molar-refractivity contribution in [2.24, 2.45) is 0 Å². The van der Waals surface area contributed by atoms with Gasteiger partial charge >= 0.3 is 5.97 Å². The van der Waals surface area contributed by atoms with Crippen molar-refractivity contribution in [3.05, 3.63) is 29.8 Å². The second kappa shape index (κ2) is 8.22. The van der Waals surface area contributed by atoms with E-state index in [4.69, 9.17) is 4.74 Å². The van der Waals surface area contributed by atoms with E-state index in [1.54, 1.807) is 40.9 Å². The van der Waals surface area contributed by atoms with Crippen LogP contribution in [0.15, 0.2) is 24.3 Å². The first kappa shape index (κ1) is 20.2. The van der Waals surface area contributed by atoms with Gasteiger partial charge in [-0.2, -0.15) is 0 Å². The molecule has 2 aliphatic rings. The number of rotatable bonds is 6. The first-order valence-electron chi connectivity index (χ1n) is 9.15. The Labute approximate surface area is 167 Å². The van der Waals surface area contributed by atoms with Crippen molar-refractivity contribution in [3.63, 3.8) is 0 Å². The Morgan fingerprint density at radius 1 is 1.36 bits per heavy atom. The van der Waals surface area contributed by atoms with Gasteiger partial charge < -0.3 is 20.3 Å². The molecule has 1 aromatic rings. The van der Waals surface area contributed by atoms with Crippen LogP contribution in [0.2, 0.25) is 0 Å². The number of thioether (sulfide) groups is 1. The zero-order valence-electron chi connectivity index (χ0n) is 15.8. The predicted molar refractivity (Wildman–Crippen MR) is 105 cm³/mol. The Morgan fingerprint density at radius 3 is 2.89 bits per heavy atom. The Morgan fingerprint density at radius 2 is 2.14 bits per heavy atom. The van der Waals surface area contributed by atoms with Crippen LogP contribution in [0.4, 0.5) is 5.69 Å². The van der Waals surface area contributed by atoms with E-state index in [0.29, 0.717) is 36.4 Å². The van der Waals surface area contributed by atoms with Crippen molar-refractivity contribution in [2.45, 2.75) is 37.6 Å². The molecule has 3 amide bonds. The van der Waals surface area contributed by atoms with Gasteiger partial charge in [0, 0.05) is 30.0 Å². The number of amides is 3. The van der Waals surface area contributed by atoms with Crippen LogP contribution in [-0.4, -0.2) is 58.4 Å².